The Hall–Kier alpha value is -2.24. The van der Waals surface area contributed by atoms with Crippen molar-refractivity contribution in [2.75, 3.05) is 41.9 Å². The Morgan fingerprint density at radius 3 is 1.93 bits per heavy atom. The van der Waals surface area contributed by atoms with E-state index in [0.717, 1.165) is 12.8 Å². The van der Waals surface area contributed by atoms with Gasteiger partial charge < -0.3 is 30.3 Å². The number of carbonyl (C=O) groups is 4. The lowest BCUT2D eigenvalue weighted by molar-refractivity contribution is -0.147. The van der Waals surface area contributed by atoms with Crippen LogP contribution in [0.25, 0.3) is 0 Å². The molecule has 1 heterocycles. The zero-order chi connectivity index (χ0) is 34.5. The van der Waals surface area contributed by atoms with Crippen molar-refractivity contribution in [2.24, 2.45) is 29.4 Å². The molecule has 1 saturated heterocycles. The molecular formula is C33H65N5O6. The number of nitrogens with zero attached hydrogens (tertiary/aromatic N) is 3. The number of likely N-dealkylation sites (N-methyl/N-ethyl adjacent to an activating group) is 2. The molecule has 0 spiro atoms. The summed E-state index contributed by atoms with van der Waals surface area (Å²) in [6, 6.07) is -1.78. The zero-order valence-corrected chi connectivity index (χ0v) is 30.2. The van der Waals surface area contributed by atoms with Crippen LogP contribution in [0.15, 0.2) is 0 Å². The van der Waals surface area contributed by atoms with E-state index in [4.69, 9.17) is 15.2 Å². The number of rotatable bonds is 17. The monoisotopic (exact) mass is 627 g/mol. The summed E-state index contributed by atoms with van der Waals surface area (Å²) in [5.41, 5.74) is 5.57. The summed E-state index contributed by atoms with van der Waals surface area (Å²) in [5, 5.41) is 3.02. The van der Waals surface area contributed by atoms with Crippen molar-refractivity contribution in [1.29, 1.82) is 0 Å². The first-order chi connectivity index (χ1) is 20.5. The number of amides is 4. The van der Waals surface area contributed by atoms with Gasteiger partial charge in [-0.15, -0.1) is 0 Å². The highest BCUT2D eigenvalue weighted by Gasteiger charge is 2.42. The zero-order valence-electron chi connectivity index (χ0n) is 30.2. The average Bonchev–Trinajstić information content (AvgIpc) is 3.45. The Morgan fingerprint density at radius 1 is 0.955 bits per heavy atom. The van der Waals surface area contributed by atoms with Gasteiger partial charge in [-0.1, -0.05) is 68.7 Å². The van der Waals surface area contributed by atoms with Crippen LogP contribution in [0.5, 0.6) is 0 Å². The molecule has 0 aromatic carbocycles. The number of likely N-dealkylation sites (tertiary alicyclic amines) is 1. The first-order valence-electron chi connectivity index (χ1n) is 16.4. The fourth-order valence-electron chi connectivity index (χ4n) is 6.42. The van der Waals surface area contributed by atoms with Gasteiger partial charge in [0.15, 0.2) is 0 Å². The Kier molecular flexibility index (Phi) is 19.0. The molecule has 11 nitrogen and oxygen atoms in total. The van der Waals surface area contributed by atoms with Crippen LogP contribution >= 0.6 is 0 Å². The second kappa shape index (κ2) is 20.0. The minimum atomic E-state index is -0.732. The van der Waals surface area contributed by atoms with Crippen molar-refractivity contribution in [3.05, 3.63) is 0 Å². The molecular weight excluding hydrogens is 562 g/mol. The third-order valence-corrected chi connectivity index (χ3v) is 8.98. The molecule has 3 N–H and O–H groups in total. The minimum absolute atomic E-state index is 0.0152. The summed E-state index contributed by atoms with van der Waals surface area (Å²) in [6.45, 7) is 18.2. The Labute approximate surface area is 267 Å². The van der Waals surface area contributed by atoms with Crippen LogP contribution in [0.1, 0.15) is 88.0 Å². The molecule has 1 fully saturated rings. The Balaban J connectivity index is 0.00000904. The van der Waals surface area contributed by atoms with Gasteiger partial charge in [0.2, 0.25) is 23.6 Å². The number of hydrogen-bond donors (Lipinski definition) is 2. The molecule has 1 aliphatic heterocycles. The van der Waals surface area contributed by atoms with Crippen LogP contribution in [-0.4, -0.2) is 117 Å². The molecule has 258 valence electrons. The Bertz CT molecular complexity index is 890. The number of nitrogens with two attached hydrogens (primary N) is 1. The first-order valence-corrected chi connectivity index (χ1v) is 16.4. The number of hydrogen-bond acceptors (Lipinski definition) is 7. The van der Waals surface area contributed by atoms with Crippen LogP contribution in [0.2, 0.25) is 0 Å². The lowest BCUT2D eigenvalue weighted by Gasteiger charge is -2.41. The molecule has 0 saturated carbocycles. The van der Waals surface area contributed by atoms with E-state index in [1.165, 1.54) is 7.11 Å². The van der Waals surface area contributed by atoms with Crippen LogP contribution < -0.4 is 11.1 Å². The van der Waals surface area contributed by atoms with Gasteiger partial charge in [-0.05, 0) is 44.7 Å². The number of nitrogens with one attached hydrogen (secondary N) is 1. The number of carbonyl (C=O) groups excluding carboxylic acids is 4. The molecule has 11 heteroatoms. The first kappa shape index (κ1) is 41.8. The summed E-state index contributed by atoms with van der Waals surface area (Å²) in [5.74, 6) is -1.60. The van der Waals surface area contributed by atoms with Gasteiger partial charge >= 0.3 is 0 Å². The van der Waals surface area contributed by atoms with Gasteiger partial charge in [-0.25, -0.2) is 0 Å². The maximum absolute atomic E-state index is 14.0. The van der Waals surface area contributed by atoms with Gasteiger partial charge in [0, 0.05) is 27.8 Å². The van der Waals surface area contributed by atoms with Gasteiger partial charge in [-0.3, -0.25) is 24.1 Å². The summed E-state index contributed by atoms with van der Waals surface area (Å²) in [4.78, 5) is 58.3. The highest BCUT2D eigenvalue weighted by molar-refractivity contribution is 5.90. The predicted octanol–water partition coefficient (Wildman–Crippen LogP) is 3.15. The topological polar surface area (TPSA) is 135 Å². The molecule has 0 aromatic heterocycles. The van der Waals surface area contributed by atoms with E-state index in [1.54, 1.807) is 30.9 Å². The molecule has 44 heavy (non-hydrogen) atoms. The highest BCUT2D eigenvalue weighted by Crippen LogP contribution is 2.29. The second-order valence-corrected chi connectivity index (χ2v) is 12.9. The van der Waals surface area contributed by atoms with Crippen LogP contribution in [-0.2, 0) is 28.7 Å². The van der Waals surface area contributed by atoms with E-state index in [0.29, 0.717) is 13.0 Å². The average molecular weight is 628 g/mol. The van der Waals surface area contributed by atoms with Gasteiger partial charge in [0.1, 0.15) is 6.04 Å². The lowest BCUT2D eigenvalue weighted by atomic mass is 9.89. The lowest BCUT2D eigenvalue weighted by Crippen LogP contribution is -2.59. The minimum Gasteiger partial charge on any atom is -0.379 e. The predicted molar refractivity (Wildman–Crippen MR) is 176 cm³/mol. The summed E-state index contributed by atoms with van der Waals surface area (Å²) in [7, 11) is 8.55. The van der Waals surface area contributed by atoms with Crippen molar-refractivity contribution >= 4 is 23.6 Å². The van der Waals surface area contributed by atoms with Gasteiger partial charge in [-0.2, -0.15) is 0 Å². The smallest absolute Gasteiger partial charge is 0.245 e. The number of ether oxygens (including phenoxy) is 2. The number of primary amides is 1. The highest BCUT2D eigenvalue weighted by atomic mass is 16.5. The molecule has 1 rings (SSSR count). The van der Waals surface area contributed by atoms with Crippen LogP contribution in [0, 0.1) is 23.7 Å². The van der Waals surface area contributed by atoms with Crippen molar-refractivity contribution in [3.63, 3.8) is 0 Å². The third kappa shape index (κ3) is 11.0. The summed E-state index contributed by atoms with van der Waals surface area (Å²) >= 11 is 0. The summed E-state index contributed by atoms with van der Waals surface area (Å²) in [6.07, 6.45) is 1.26. The fourth-order valence-corrected chi connectivity index (χ4v) is 6.42. The number of methoxy groups -OCH3 is 2. The summed E-state index contributed by atoms with van der Waals surface area (Å²) < 4.78 is 11.6. The van der Waals surface area contributed by atoms with Crippen molar-refractivity contribution in [3.8, 4) is 0 Å². The molecule has 0 aromatic rings. The van der Waals surface area contributed by atoms with Crippen molar-refractivity contribution in [2.45, 2.75) is 124 Å². The SMILES string of the molecule is CC.CCC(C)C(C(CC(=O)N1CCCC1C(OC)C(C)C(N)=O)OC)N(C)C(=O)[C@@H](NC(=O)C(C(C)C)N(C)C)C(C)C. The standard InChI is InChI=1S/C31H59N5O6.C2H6/c1-13-20(6)27(35(10)31(40)25(18(2)3)33-30(39)26(19(4)5)34(8)9)23(41-11)17-24(37)36-16-14-15-22(36)28(42-12)21(7)29(32)38;1-2/h18-23,25-28H,13-17H2,1-12H3,(H2,32,38)(H,33,39);1-2H3/t20?,21?,22?,23?,25-,26?,27?,28?;/m0./s1. The van der Waals surface area contributed by atoms with E-state index >= 15 is 0 Å². The maximum atomic E-state index is 14.0. The van der Waals surface area contributed by atoms with E-state index in [2.05, 4.69) is 5.32 Å². The van der Waals surface area contributed by atoms with E-state index in [9.17, 15) is 19.2 Å². The van der Waals surface area contributed by atoms with Gasteiger partial charge in [0.25, 0.3) is 0 Å². The van der Waals surface area contributed by atoms with Crippen LogP contribution in [0.3, 0.4) is 0 Å². The molecule has 0 aliphatic carbocycles. The van der Waals surface area contributed by atoms with E-state index in [-0.39, 0.29) is 54.0 Å². The quantitative estimate of drug-likeness (QED) is 0.253. The Morgan fingerprint density at radius 2 is 1.52 bits per heavy atom. The van der Waals surface area contributed by atoms with E-state index in [1.807, 2.05) is 74.4 Å². The van der Waals surface area contributed by atoms with Crippen molar-refractivity contribution in [1.82, 2.24) is 20.0 Å². The molecule has 8 atom stereocenters. The second-order valence-electron chi connectivity index (χ2n) is 12.9. The van der Waals surface area contributed by atoms with Crippen molar-refractivity contribution < 1.29 is 28.7 Å². The molecule has 4 amide bonds. The molecule has 0 radical (unpaired) electrons. The molecule has 7 unspecified atom stereocenters. The molecule has 0 bridgehead atoms. The normalized spacial score (nSPS) is 19.8. The molecule has 1 aliphatic rings. The fraction of sp³-hybridized carbons (Fsp3) is 0.879. The van der Waals surface area contributed by atoms with Gasteiger partial charge in [0.05, 0.1) is 42.7 Å². The van der Waals surface area contributed by atoms with Crippen LogP contribution in [0.4, 0.5) is 0 Å². The van der Waals surface area contributed by atoms with E-state index < -0.39 is 36.1 Å². The maximum Gasteiger partial charge on any atom is 0.245 e. The third-order valence-electron chi connectivity index (χ3n) is 8.98. The largest absolute Gasteiger partial charge is 0.379 e.